The number of aromatic hydroxyl groups is 2. The number of phenolic OH excluding ortho intramolecular Hbond substituents is 2. The number of phenols is 2. The highest BCUT2D eigenvalue weighted by Gasteiger charge is 2.43. The molecular weight excluding hydrogens is 564 g/mol. The summed E-state index contributed by atoms with van der Waals surface area (Å²) in [6.45, 7) is 1.04. The van der Waals surface area contributed by atoms with Gasteiger partial charge in [0.05, 0.1) is 19.8 Å². The topological polar surface area (TPSA) is 238 Å². The van der Waals surface area contributed by atoms with Crippen LogP contribution in [-0.4, -0.2) is 110 Å². The van der Waals surface area contributed by atoms with Gasteiger partial charge in [-0.1, -0.05) is 0 Å². The van der Waals surface area contributed by atoms with Crippen molar-refractivity contribution < 1.29 is 69.0 Å². The zero-order chi connectivity index (χ0) is 30.5. The fourth-order valence-electron chi connectivity index (χ4n) is 4.69. The first-order valence-electron chi connectivity index (χ1n) is 12.8. The Bertz CT molecular complexity index is 1510. The van der Waals surface area contributed by atoms with Gasteiger partial charge in [-0.2, -0.15) is 0 Å². The number of rotatable bonds is 6. The van der Waals surface area contributed by atoms with Crippen molar-refractivity contribution in [2.75, 3.05) is 13.7 Å². The second-order valence-corrected chi connectivity index (χ2v) is 9.96. The first kappa shape index (κ1) is 29.8. The zero-order valence-electron chi connectivity index (χ0n) is 22.2. The molecule has 1 aromatic heterocycles. The Kier molecular flexibility index (Phi) is 8.19. The summed E-state index contributed by atoms with van der Waals surface area (Å²) >= 11 is 0. The lowest BCUT2D eigenvalue weighted by atomic mass is 10.00. The monoisotopic (exact) mass is 594 g/mol. The maximum atomic E-state index is 13.7. The molecule has 3 heterocycles. The quantitative estimate of drug-likeness (QED) is 0.169. The van der Waals surface area contributed by atoms with Gasteiger partial charge in [0.2, 0.25) is 23.8 Å². The molecule has 2 aliphatic heterocycles. The standard InChI is InChI=1S/C27H30O15/c1-9-18(31)21(34)23(36)27(39-9)40-11-6-13(29)17-16(7-11)41-24(10-3-4-12(28)15(5-10)37-2)25(20(17)33)42-26-22(35)19(32)14(30)8-38-26/h3-7,9,14,18-19,21-23,26-32,34-36H,8H2,1-2H3. The molecule has 2 saturated heterocycles. The highest BCUT2D eigenvalue weighted by molar-refractivity contribution is 5.88. The van der Waals surface area contributed by atoms with Crippen molar-refractivity contribution in [2.45, 2.75) is 62.2 Å². The molecule has 15 heteroatoms. The fraction of sp³-hybridized carbons (Fsp3) is 0.444. The lowest BCUT2D eigenvalue weighted by Gasteiger charge is -2.38. The van der Waals surface area contributed by atoms with Gasteiger partial charge in [-0.15, -0.1) is 0 Å². The number of fused-ring (bicyclic) bond motifs is 1. The Labute approximate surface area is 236 Å². The summed E-state index contributed by atoms with van der Waals surface area (Å²) in [5.74, 6) is -1.82. The van der Waals surface area contributed by atoms with Crippen LogP contribution in [0.3, 0.4) is 0 Å². The van der Waals surface area contributed by atoms with E-state index in [0.29, 0.717) is 0 Å². The number of hydrogen-bond donors (Lipinski definition) is 8. The molecule has 2 aromatic carbocycles. The van der Waals surface area contributed by atoms with Gasteiger partial charge in [0, 0.05) is 17.7 Å². The number of benzene rings is 2. The van der Waals surface area contributed by atoms with Crippen molar-refractivity contribution in [2.24, 2.45) is 0 Å². The molecule has 2 fully saturated rings. The summed E-state index contributed by atoms with van der Waals surface area (Å²) in [5.41, 5.74) is -1.02. The van der Waals surface area contributed by atoms with Crippen LogP contribution in [0.4, 0.5) is 0 Å². The van der Waals surface area contributed by atoms with Crippen LogP contribution in [0.1, 0.15) is 6.92 Å². The Morgan fingerprint density at radius 1 is 0.833 bits per heavy atom. The van der Waals surface area contributed by atoms with Crippen molar-refractivity contribution in [1.82, 2.24) is 0 Å². The fourth-order valence-corrected chi connectivity index (χ4v) is 4.69. The van der Waals surface area contributed by atoms with Gasteiger partial charge >= 0.3 is 0 Å². The maximum absolute atomic E-state index is 13.7. The van der Waals surface area contributed by atoms with Crippen molar-refractivity contribution in [1.29, 1.82) is 0 Å². The minimum absolute atomic E-state index is 0.00641. The van der Waals surface area contributed by atoms with E-state index in [4.69, 9.17) is 28.1 Å². The van der Waals surface area contributed by atoms with Crippen LogP contribution in [-0.2, 0) is 9.47 Å². The molecule has 0 spiro atoms. The van der Waals surface area contributed by atoms with Crippen LogP contribution in [0.15, 0.2) is 39.5 Å². The molecule has 0 radical (unpaired) electrons. The molecule has 0 amide bonds. The Balaban J connectivity index is 1.61. The third-order valence-electron chi connectivity index (χ3n) is 7.10. The summed E-state index contributed by atoms with van der Waals surface area (Å²) < 4.78 is 33.1. The molecular formula is C27H30O15. The largest absolute Gasteiger partial charge is 0.507 e. The van der Waals surface area contributed by atoms with E-state index in [-0.39, 0.29) is 39.5 Å². The number of hydrogen-bond acceptors (Lipinski definition) is 15. The average molecular weight is 595 g/mol. The number of ether oxygens (including phenoxy) is 5. The first-order valence-corrected chi connectivity index (χ1v) is 12.8. The Morgan fingerprint density at radius 2 is 1.55 bits per heavy atom. The van der Waals surface area contributed by atoms with E-state index in [1.54, 1.807) is 0 Å². The van der Waals surface area contributed by atoms with Gasteiger partial charge in [-0.05, 0) is 25.1 Å². The number of methoxy groups -OCH3 is 1. The third kappa shape index (κ3) is 5.32. The van der Waals surface area contributed by atoms with E-state index in [9.17, 15) is 45.6 Å². The second-order valence-electron chi connectivity index (χ2n) is 9.96. The zero-order valence-corrected chi connectivity index (χ0v) is 22.2. The average Bonchev–Trinajstić information content (AvgIpc) is 2.96. The molecule has 228 valence electrons. The van der Waals surface area contributed by atoms with Crippen LogP contribution in [0.25, 0.3) is 22.3 Å². The van der Waals surface area contributed by atoms with Crippen LogP contribution < -0.4 is 19.6 Å². The first-order chi connectivity index (χ1) is 19.9. The molecule has 5 rings (SSSR count). The highest BCUT2D eigenvalue weighted by atomic mass is 16.7. The second kappa shape index (κ2) is 11.5. The van der Waals surface area contributed by atoms with Gasteiger partial charge in [0.25, 0.3) is 0 Å². The molecule has 15 nitrogen and oxygen atoms in total. The predicted molar refractivity (Wildman–Crippen MR) is 139 cm³/mol. The van der Waals surface area contributed by atoms with Crippen LogP contribution >= 0.6 is 0 Å². The van der Waals surface area contributed by atoms with E-state index in [2.05, 4.69) is 0 Å². The maximum Gasteiger partial charge on any atom is 0.239 e. The number of aliphatic hydroxyl groups is 6. The van der Waals surface area contributed by atoms with E-state index < -0.39 is 78.8 Å². The third-order valence-corrected chi connectivity index (χ3v) is 7.10. The van der Waals surface area contributed by atoms with Gasteiger partial charge < -0.3 is 69.0 Å². The molecule has 9 atom stereocenters. The van der Waals surface area contributed by atoms with Crippen molar-refractivity contribution >= 4 is 11.0 Å². The summed E-state index contributed by atoms with van der Waals surface area (Å²) in [4.78, 5) is 13.7. The molecule has 0 aliphatic carbocycles. The molecule has 0 bridgehead atoms. The lowest BCUT2D eigenvalue weighted by Crippen LogP contribution is -2.58. The van der Waals surface area contributed by atoms with Crippen LogP contribution in [0.5, 0.6) is 28.7 Å². The van der Waals surface area contributed by atoms with E-state index in [1.807, 2.05) is 0 Å². The highest BCUT2D eigenvalue weighted by Crippen LogP contribution is 2.40. The molecule has 42 heavy (non-hydrogen) atoms. The SMILES string of the molecule is COc1cc(-c2oc3cc(OC4OC(C)C(O)C(O)C4O)cc(O)c3c(=O)c2OC2OCC(O)C(O)C2O)ccc1O. The van der Waals surface area contributed by atoms with E-state index in [1.165, 1.54) is 38.3 Å². The lowest BCUT2D eigenvalue weighted by molar-refractivity contribution is -0.268. The van der Waals surface area contributed by atoms with Crippen molar-refractivity contribution in [3.8, 4) is 40.1 Å². The van der Waals surface area contributed by atoms with Crippen molar-refractivity contribution in [3.05, 3.63) is 40.6 Å². The Morgan fingerprint density at radius 3 is 2.26 bits per heavy atom. The molecule has 2 aliphatic rings. The van der Waals surface area contributed by atoms with Gasteiger partial charge in [-0.3, -0.25) is 4.79 Å². The minimum atomic E-state index is -1.77. The normalized spacial score (nSPS) is 31.6. The Hall–Kier alpha value is -3.67. The van der Waals surface area contributed by atoms with Crippen LogP contribution in [0, 0.1) is 0 Å². The van der Waals surface area contributed by atoms with Crippen LogP contribution in [0.2, 0.25) is 0 Å². The van der Waals surface area contributed by atoms with E-state index >= 15 is 0 Å². The van der Waals surface area contributed by atoms with Crippen molar-refractivity contribution in [3.63, 3.8) is 0 Å². The predicted octanol–water partition coefficient (Wildman–Crippen LogP) is -1.10. The molecule has 3 aromatic rings. The van der Waals surface area contributed by atoms with E-state index in [0.717, 1.165) is 6.07 Å². The summed E-state index contributed by atoms with van der Waals surface area (Å²) in [6, 6.07) is 6.17. The molecule has 8 N–H and O–H groups in total. The smallest absolute Gasteiger partial charge is 0.239 e. The summed E-state index contributed by atoms with van der Waals surface area (Å²) in [7, 11) is 1.30. The molecule has 9 unspecified atom stereocenters. The van der Waals surface area contributed by atoms with Gasteiger partial charge in [0.1, 0.15) is 59.1 Å². The minimum Gasteiger partial charge on any atom is -0.507 e. The van der Waals surface area contributed by atoms with Gasteiger partial charge in [-0.25, -0.2) is 0 Å². The van der Waals surface area contributed by atoms with Gasteiger partial charge in [0.15, 0.2) is 17.3 Å². The summed E-state index contributed by atoms with van der Waals surface area (Å²) in [6.07, 6.45) is -13.4. The number of aliphatic hydroxyl groups excluding tert-OH is 6. The summed E-state index contributed by atoms with van der Waals surface area (Å²) in [5, 5.41) is 81.1. The molecule has 0 saturated carbocycles.